The molecule has 0 radical (unpaired) electrons. The lowest BCUT2D eigenvalue weighted by Gasteiger charge is -2.31. The van der Waals surface area contributed by atoms with E-state index in [2.05, 4.69) is 31.3 Å². The van der Waals surface area contributed by atoms with Crippen LogP contribution in [0.2, 0.25) is 0 Å². The molecule has 0 spiro atoms. The van der Waals surface area contributed by atoms with Gasteiger partial charge < -0.3 is 5.32 Å². The third-order valence-corrected chi connectivity index (χ3v) is 6.56. The van der Waals surface area contributed by atoms with Crippen LogP contribution in [0.5, 0.6) is 0 Å². The number of nitrogens with zero attached hydrogens (tertiary/aromatic N) is 5. The van der Waals surface area contributed by atoms with E-state index in [-0.39, 0.29) is 11.6 Å². The molecule has 3 aromatic rings. The van der Waals surface area contributed by atoms with E-state index >= 15 is 0 Å². The Balaban J connectivity index is 1.32. The van der Waals surface area contributed by atoms with Gasteiger partial charge in [-0.3, -0.25) is 19.1 Å². The summed E-state index contributed by atoms with van der Waals surface area (Å²) in [6.07, 6.45) is 12.3. The first-order chi connectivity index (χ1) is 15.6. The van der Waals surface area contributed by atoms with Gasteiger partial charge in [-0.1, -0.05) is 31.4 Å². The molecule has 2 aliphatic rings. The molecule has 1 N–H and O–H groups in total. The van der Waals surface area contributed by atoms with E-state index in [9.17, 15) is 9.18 Å². The number of rotatable bonds is 5. The van der Waals surface area contributed by atoms with Gasteiger partial charge in [-0.15, -0.1) is 0 Å². The molecule has 1 atom stereocenters. The Labute approximate surface area is 187 Å². The lowest BCUT2D eigenvalue weighted by molar-refractivity contribution is -0.118. The van der Waals surface area contributed by atoms with Crippen LogP contribution >= 0.6 is 0 Å². The fraction of sp³-hybridized carbons (Fsp3) is 0.458. The second-order valence-electron chi connectivity index (χ2n) is 9.02. The second kappa shape index (κ2) is 8.86. The van der Waals surface area contributed by atoms with E-state index in [1.54, 1.807) is 22.9 Å². The Morgan fingerprint density at radius 3 is 2.81 bits per heavy atom. The lowest BCUT2D eigenvalue weighted by atomic mass is 9.95. The standard InChI is InChI=1S/C24H29FN6O/c1-29-14-18-15-30(12-17-11-26-31(13-17)19-7-3-2-4-8-19)16-20(23(18)28-29)24(32)27-22-10-6-5-9-21(22)25/h5-6,9-11,13-14,19-20H,2-4,7-8,12,15-16H2,1H3,(H,27,32)/t20-/m1/s1. The van der Waals surface area contributed by atoms with Crippen molar-refractivity contribution in [2.75, 3.05) is 11.9 Å². The van der Waals surface area contributed by atoms with Crippen LogP contribution in [-0.4, -0.2) is 36.9 Å². The summed E-state index contributed by atoms with van der Waals surface area (Å²) in [4.78, 5) is 15.4. The number of carbonyl (C=O) groups excluding carboxylic acids is 1. The zero-order valence-corrected chi connectivity index (χ0v) is 18.4. The van der Waals surface area contributed by atoms with E-state index in [4.69, 9.17) is 0 Å². The number of carbonyl (C=O) groups is 1. The Kier molecular flexibility index (Phi) is 5.78. The summed E-state index contributed by atoms with van der Waals surface area (Å²) >= 11 is 0. The number of anilines is 1. The molecule has 5 rings (SSSR count). The molecule has 7 nitrogen and oxygen atoms in total. The van der Waals surface area contributed by atoms with E-state index < -0.39 is 11.7 Å². The van der Waals surface area contributed by atoms with Gasteiger partial charge in [-0.25, -0.2) is 4.39 Å². The van der Waals surface area contributed by atoms with Crippen molar-refractivity contribution in [3.8, 4) is 0 Å². The molecular formula is C24H29FN6O. The number of para-hydroxylation sites is 1. The summed E-state index contributed by atoms with van der Waals surface area (Å²) in [7, 11) is 1.86. The highest BCUT2D eigenvalue weighted by Gasteiger charge is 2.34. The first-order valence-electron chi connectivity index (χ1n) is 11.4. The molecule has 1 amide bonds. The van der Waals surface area contributed by atoms with Crippen LogP contribution in [0.25, 0.3) is 0 Å². The zero-order chi connectivity index (χ0) is 22.1. The van der Waals surface area contributed by atoms with Crippen LogP contribution in [0.1, 0.15) is 60.9 Å². The fourth-order valence-electron chi connectivity index (χ4n) is 4.99. The highest BCUT2D eigenvalue weighted by Crippen LogP contribution is 2.31. The van der Waals surface area contributed by atoms with Gasteiger partial charge >= 0.3 is 0 Å². The predicted octanol–water partition coefficient (Wildman–Crippen LogP) is 4.00. The van der Waals surface area contributed by atoms with Crippen molar-refractivity contribution in [3.63, 3.8) is 0 Å². The Hall–Kier alpha value is -3.00. The summed E-state index contributed by atoms with van der Waals surface area (Å²) in [5.74, 6) is -1.14. The van der Waals surface area contributed by atoms with E-state index in [1.165, 1.54) is 38.2 Å². The smallest absolute Gasteiger partial charge is 0.234 e. The van der Waals surface area contributed by atoms with Crippen LogP contribution in [-0.2, 0) is 24.9 Å². The highest BCUT2D eigenvalue weighted by atomic mass is 19.1. The number of hydrogen-bond acceptors (Lipinski definition) is 4. The van der Waals surface area contributed by atoms with Crippen molar-refractivity contribution in [1.82, 2.24) is 24.5 Å². The molecule has 0 unspecified atom stereocenters. The van der Waals surface area contributed by atoms with Crippen molar-refractivity contribution in [2.45, 2.75) is 57.2 Å². The minimum atomic E-state index is -0.465. The number of amides is 1. The van der Waals surface area contributed by atoms with Gasteiger partial charge in [0.25, 0.3) is 0 Å². The lowest BCUT2D eigenvalue weighted by Crippen LogP contribution is -2.38. The van der Waals surface area contributed by atoms with Crippen LogP contribution in [0, 0.1) is 5.82 Å². The molecule has 168 valence electrons. The molecule has 0 saturated heterocycles. The number of aryl methyl sites for hydroxylation is 1. The molecule has 1 aromatic carbocycles. The molecule has 1 aliphatic carbocycles. The monoisotopic (exact) mass is 436 g/mol. The normalized spacial score (nSPS) is 19.6. The zero-order valence-electron chi connectivity index (χ0n) is 18.4. The summed E-state index contributed by atoms with van der Waals surface area (Å²) in [5, 5.41) is 11.9. The van der Waals surface area contributed by atoms with Gasteiger partial charge in [0.15, 0.2) is 0 Å². The molecule has 8 heteroatoms. The third-order valence-electron chi connectivity index (χ3n) is 6.56. The largest absolute Gasteiger partial charge is 0.323 e. The van der Waals surface area contributed by atoms with Crippen LogP contribution in [0.15, 0.2) is 42.9 Å². The maximum atomic E-state index is 14.1. The molecule has 2 aromatic heterocycles. The average molecular weight is 437 g/mol. The van der Waals surface area contributed by atoms with Crippen molar-refractivity contribution in [1.29, 1.82) is 0 Å². The van der Waals surface area contributed by atoms with Gasteiger partial charge in [0.2, 0.25) is 5.91 Å². The summed E-state index contributed by atoms with van der Waals surface area (Å²) in [5.41, 5.74) is 3.15. The average Bonchev–Trinajstić information content (AvgIpc) is 3.41. The second-order valence-corrected chi connectivity index (χ2v) is 9.02. The molecule has 1 saturated carbocycles. The van der Waals surface area contributed by atoms with Gasteiger partial charge in [-0.05, 0) is 25.0 Å². The molecule has 0 bridgehead atoms. The van der Waals surface area contributed by atoms with E-state index in [1.807, 2.05) is 19.4 Å². The molecule has 32 heavy (non-hydrogen) atoms. The van der Waals surface area contributed by atoms with Crippen LogP contribution < -0.4 is 5.32 Å². The minimum absolute atomic E-state index is 0.195. The number of hydrogen-bond donors (Lipinski definition) is 1. The Morgan fingerprint density at radius 2 is 2.00 bits per heavy atom. The number of nitrogens with one attached hydrogen (secondary N) is 1. The topological polar surface area (TPSA) is 68.0 Å². The molecule has 1 aliphatic heterocycles. The first-order valence-corrected chi connectivity index (χ1v) is 11.4. The Morgan fingerprint density at radius 1 is 1.19 bits per heavy atom. The maximum Gasteiger partial charge on any atom is 0.234 e. The maximum absolute atomic E-state index is 14.1. The molecule has 3 heterocycles. The first kappa shape index (κ1) is 20.9. The number of halogens is 1. The van der Waals surface area contributed by atoms with E-state index in [0.29, 0.717) is 19.1 Å². The molecular weight excluding hydrogens is 407 g/mol. The summed E-state index contributed by atoms with van der Waals surface area (Å²) < 4.78 is 18.0. The van der Waals surface area contributed by atoms with Crippen molar-refractivity contribution >= 4 is 11.6 Å². The highest BCUT2D eigenvalue weighted by molar-refractivity contribution is 5.96. The predicted molar refractivity (Wildman–Crippen MR) is 119 cm³/mol. The SMILES string of the molecule is Cn1cc2c(n1)[C@H](C(=O)Nc1ccccc1F)CN(Cc1cnn(C3CCCCC3)c1)C2. The van der Waals surface area contributed by atoms with Gasteiger partial charge in [-0.2, -0.15) is 10.2 Å². The van der Waals surface area contributed by atoms with Gasteiger partial charge in [0, 0.05) is 50.2 Å². The molecule has 1 fully saturated rings. The minimum Gasteiger partial charge on any atom is -0.323 e. The van der Waals surface area contributed by atoms with Crippen LogP contribution in [0.3, 0.4) is 0 Å². The Bertz CT molecular complexity index is 1100. The number of aromatic nitrogens is 4. The van der Waals surface area contributed by atoms with E-state index in [0.717, 1.165) is 23.4 Å². The fourth-order valence-corrected chi connectivity index (χ4v) is 4.99. The third kappa shape index (κ3) is 4.32. The van der Waals surface area contributed by atoms with Crippen LogP contribution in [0.4, 0.5) is 10.1 Å². The summed E-state index contributed by atoms with van der Waals surface area (Å²) in [6, 6.07) is 6.74. The van der Waals surface area contributed by atoms with Gasteiger partial charge in [0.1, 0.15) is 5.82 Å². The number of benzene rings is 1. The summed E-state index contributed by atoms with van der Waals surface area (Å²) in [6.45, 7) is 1.96. The quantitative estimate of drug-likeness (QED) is 0.657. The van der Waals surface area contributed by atoms with Crippen molar-refractivity contribution in [2.24, 2.45) is 7.05 Å². The van der Waals surface area contributed by atoms with Crippen molar-refractivity contribution < 1.29 is 9.18 Å². The number of fused-ring (bicyclic) bond motifs is 1. The van der Waals surface area contributed by atoms with Crippen molar-refractivity contribution in [3.05, 3.63) is 65.5 Å². The van der Waals surface area contributed by atoms with Gasteiger partial charge in [0.05, 0.1) is 29.5 Å².